The molecular weight excluding hydrogens is 236 g/mol. The molecule has 92 valence electrons. The van der Waals surface area contributed by atoms with Crippen molar-refractivity contribution in [3.63, 3.8) is 0 Å². The lowest BCUT2D eigenvalue weighted by atomic mass is 10.2. The Kier molecular flexibility index (Phi) is 4.05. The summed E-state index contributed by atoms with van der Waals surface area (Å²) in [5, 5.41) is 5.32. The minimum Gasteiger partial charge on any atom is -0.364 e. The first-order chi connectivity index (χ1) is 8.26. The minimum absolute atomic E-state index is 0.545. The first-order valence-corrected chi connectivity index (χ1v) is 6.11. The number of benzene rings is 1. The van der Waals surface area contributed by atoms with E-state index in [1.807, 2.05) is 12.1 Å². The van der Waals surface area contributed by atoms with Gasteiger partial charge in [0, 0.05) is 30.3 Å². The Bertz CT molecular complexity index is 507. The van der Waals surface area contributed by atoms with E-state index in [9.17, 15) is 0 Å². The van der Waals surface area contributed by atoms with Crippen LogP contribution < -0.4 is 5.32 Å². The van der Waals surface area contributed by atoms with E-state index < -0.39 is 0 Å². The summed E-state index contributed by atoms with van der Waals surface area (Å²) < 4.78 is 7.27. The van der Waals surface area contributed by atoms with Gasteiger partial charge in [0.15, 0.2) is 0 Å². The Balaban J connectivity index is 2.46. The molecule has 2 rings (SSSR count). The van der Waals surface area contributed by atoms with Crippen molar-refractivity contribution in [2.24, 2.45) is 0 Å². The van der Waals surface area contributed by atoms with Crippen LogP contribution in [0, 0.1) is 0 Å². The van der Waals surface area contributed by atoms with Gasteiger partial charge < -0.3 is 14.6 Å². The van der Waals surface area contributed by atoms with Crippen LogP contribution in [0.1, 0.15) is 12.5 Å². The first-order valence-electron chi connectivity index (χ1n) is 5.73. The Morgan fingerprint density at radius 3 is 2.94 bits per heavy atom. The molecule has 0 aliphatic carbocycles. The number of methoxy groups -OCH3 is 1. The summed E-state index contributed by atoms with van der Waals surface area (Å²) in [6, 6.07) is 5.97. The summed E-state index contributed by atoms with van der Waals surface area (Å²) in [5.74, 6) is 0. The van der Waals surface area contributed by atoms with Crippen LogP contribution in [0.4, 0.5) is 0 Å². The monoisotopic (exact) mass is 252 g/mol. The van der Waals surface area contributed by atoms with E-state index >= 15 is 0 Å². The molecule has 3 nitrogen and oxygen atoms in total. The Hall–Kier alpha value is -1.03. The van der Waals surface area contributed by atoms with Gasteiger partial charge in [-0.15, -0.1) is 0 Å². The second-order valence-electron chi connectivity index (χ2n) is 3.98. The fourth-order valence-electron chi connectivity index (χ4n) is 1.99. The van der Waals surface area contributed by atoms with Gasteiger partial charge in [0.05, 0.1) is 5.52 Å². The van der Waals surface area contributed by atoms with Gasteiger partial charge in [-0.2, -0.15) is 0 Å². The lowest BCUT2D eigenvalue weighted by molar-refractivity contribution is 0.134. The van der Waals surface area contributed by atoms with Crippen molar-refractivity contribution in [1.29, 1.82) is 0 Å². The number of ether oxygens (including phenoxy) is 1. The number of nitrogens with one attached hydrogen (secondary N) is 1. The van der Waals surface area contributed by atoms with Crippen molar-refractivity contribution in [1.82, 2.24) is 9.88 Å². The van der Waals surface area contributed by atoms with E-state index in [-0.39, 0.29) is 0 Å². The molecular formula is C13H17ClN2O. The highest BCUT2D eigenvalue weighted by molar-refractivity contribution is 6.31. The van der Waals surface area contributed by atoms with Crippen molar-refractivity contribution >= 4 is 22.5 Å². The van der Waals surface area contributed by atoms with E-state index in [0.717, 1.165) is 23.6 Å². The average molecular weight is 253 g/mol. The van der Waals surface area contributed by atoms with Crippen LogP contribution in [0.15, 0.2) is 24.4 Å². The number of fused-ring (bicyclic) bond motifs is 1. The molecule has 17 heavy (non-hydrogen) atoms. The quantitative estimate of drug-likeness (QED) is 0.885. The van der Waals surface area contributed by atoms with Gasteiger partial charge in [0.2, 0.25) is 0 Å². The number of rotatable bonds is 5. The van der Waals surface area contributed by atoms with E-state index in [4.69, 9.17) is 16.3 Å². The second kappa shape index (κ2) is 5.54. The Labute approximate surface area is 106 Å². The zero-order valence-electron chi connectivity index (χ0n) is 10.2. The van der Waals surface area contributed by atoms with Gasteiger partial charge in [-0.1, -0.05) is 24.6 Å². The Morgan fingerprint density at radius 1 is 1.41 bits per heavy atom. The highest BCUT2D eigenvalue weighted by Gasteiger charge is 2.08. The van der Waals surface area contributed by atoms with Crippen molar-refractivity contribution in [2.45, 2.75) is 20.2 Å². The van der Waals surface area contributed by atoms with Crippen molar-refractivity contribution in [3.8, 4) is 0 Å². The van der Waals surface area contributed by atoms with Crippen molar-refractivity contribution < 1.29 is 4.74 Å². The Morgan fingerprint density at radius 2 is 2.24 bits per heavy atom. The number of halogens is 1. The van der Waals surface area contributed by atoms with Crippen molar-refractivity contribution in [2.75, 3.05) is 13.7 Å². The van der Waals surface area contributed by atoms with Crippen LogP contribution >= 0.6 is 11.6 Å². The molecule has 0 fully saturated rings. The molecule has 0 atom stereocenters. The highest BCUT2D eigenvalue weighted by Crippen LogP contribution is 2.24. The molecule has 0 amide bonds. The molecule has 1 heterocycles. The van der Waals surface area contributed by atoms with Crippen molar-refractivity contribution in [3.05, 3.63) is 35.0 Å². The minimum atomic E-state index is 0.545. The van der Waals surface area contributed by atoms with Gasteiger partial charge in [-0.3, -0.25) is 0 Å². The normalized spacial score (nSPS) is 11.2. The third-order valence-corrected chi connectivity index (χ3v) is 3.00. The summed E-state index contributed by atoms with van der Waals surface area (Å²) >= 11 is 6.03. The predicted octanol–water partition coefficient (Wildman–Crippen LogP) is 3.01. The van der Waals surface area contributed by atoms with Crippen LogP contribution in [0.2, 0.25) is 5.02 Å². The fraction of sp³-hybridized carbons (Fsp3) is 0.385. The van der Waals surface area contributed by atoms with E-state index in [1.54, 1.807) is 7.11 Å². The summed E-state index contributed by atoms with van der Waals surface area (Å²) in [6.45, 7) is 4.48. The predicted molar refractivity (Wildman–Crippen MR) is 71.3 cm³/mol. The van der Waals surface area contributed by atoms with Crippen LogP contribution in [-0.4, -0.2) is 18.2 Å². The lowest BCUT2D eigenvalue weighted by Crippen LogP contribution is -2.11. The molecule has 0 bridgehead atoms. The summed E-state index contributed by atoms with van der Waals surface area (Å²) in [7, 11) is 1.69. The summed E-state index contributed by atoms with van der Waals surface area (Å²) in [4.78, 5) is 0. The molecule has 1 aromatic heterocycles. The molecule has 4 heteroatoms. The van der Waals surface area contributed by atoms with Gasteiger partial charge in [-0.25, -0.2) is 0 Å². The third kappa shape index (κ3) is 2.63. The summed E-state index contributed by atoms with van der Waals surface area (Å²) in [6.07, 6.45) is 2.12. The van der Waals surface area contributed by atoms with Crippen LogP contribution in [0.3, 0.4) is 0 Å². The van der Waals surface area contributed by atoms with Gasteiger partial charge in [0.1, 0.15) is 6.73 Å². The van der Waals surface area contributed by atoms with E-state index in [2.05, 4.69) is 29.1 Å². The lowest BCUT2D eigenvalue weighted by Gasteiger charge is -2.02. The second-order valence-corrected chi connectivity index (χ2v) is 4.42. The molecule has 0 aliphatic heterocycles. The van der Waals surface area contributed by atoms with Gasteiger partial charge >= 0.3 is 0 Å². The van der Waals surface area contributed by atoms with Crippen LogP contribution in [0.25, 0.3) is 10.9 Å². The average Bonchev–Trinajstić information content (AvgIpc) is 2.65. The third-order valence-electron chi connectivity index (χ3n) is 2.76. The van der Waals surface area contributed by atoms with Gasteiger partial charge in [-0.05, 0) is 24.2 Å². The van der Waals surface area contributed by atoms with E-state index in [0.29, 0.717) is 6.73 Å². The largest absolute Gasteiger partial charge is 0.364 e. The zero-order chi connectivity index (χ0) is 12.3. The highest BCUT2D eigenvalue weighted by atomic mass is 35.5. The standard InChI is InChI=1S/C13H17ClN2O/c1-3-15-7-10-8-16(9-17-2)13-6-11(14)4-5-12(10)13/h4-6,8,15H,3,7,9H2,1-2H3. The molecule has 1 N–H and O–H groups in total. The number of hydrogen-bond acceptors (Lipinski definition) is 2. The maximum absolute atomic E-state index is 6.03. The van der Waals surface area contributed by atoms with Crippen LogP contribution in [0.5, 0.6) is 0 Å². The SMILES string of the molecule is CCNCc1cn(COC)c2cc(Cl)ccc12. The van der Waals surface area contributed by atoms with E-state index in [1.165, 1.54) is 10.9 Å². The molecule has 0 aliphatic rings. The topological polar surface area (TPSA) is 26.2 Å². The van der Waals surface area contributed by atoms with Gasteiger partial charge in [0.25, 0.3) is 0 Å². The first kappa shape index (κ1) is 12.4. The molecule has 0 saturated carbocycles. The molecule has 0 saturated heterocycles. The fourth-order valence-corrected chi connectivity index (χ4v) is 2.15. The molecule has 0 radical (unpaired) electrons. The number of hydrogen-bond donors (Lipinski definition) is 1. The zero-order valence-corrected chi connectivity index (χ0v) is 10.9. The number of aromatic nitrogens is 1. The molecule has 0 unspecified atom stereocenters. The van der Waals surface area contributed by atoms with Crippen LogP contribution in [-0.2, 0) is 18.0 Å². The smallest absolute Gasteiger partial charge is 0.122 e. The molecule has 0 spiro atoms. The number of nitrogens with zero attached hydrogens (tertiary/aromatic N) is 1. The molecule has 1 aromatic carbocycles. The summed E-state index contributed by atoms with van der Waals surface area (Å²) in [5.41, 5.74) is 2.39. The maximum Gasteiger partial charge on any atom is 0.122 e. The maximum atomic E-state index is 6.03. The molecule has 2 aromatic rings.